The summed E-state index contributed by atoms with van der Waals surface area (Å²) in [6, 6.07) is 2.55. The molecule has 0 bridgehead atoms. The van der Waals surface area contributed by atoms with E-state index < -0.39 is 5.41 Å². The van der Waals surface area contributed by atoms with Gasteiger partial charge in [-0.2, -0.15) is 5.26 Å². The predicted molar refractivity (Wildman–Crippen MR) is 61.5 cm³/mol. The standard InChI is InChI=1S/C13H20N2O/c1-12(2)8-10(12)15-11(16)13(9-14)6-4-3-5-7-13/h10H,3-8H2,1-2H3,(H,15,16). The van der Waals surface area contributed by atoms with Gasteiger partial charge in [0.1, 0.15) is 5.41 Å². The average Bonchev–Trinajstić information content (AvgIpc) is 2.87. The number of nitrogens with one attached hydrogen (secondary N) is 1. The number of hydrogen-bond acceptors (Lipinski definition) is 2. The molecule has 2 aliphatic rings. The SMILES string of the molecule is CC1(C)CC1NC(=O)C1(C#N)CCCCC1. The maximum atomic E-state index is 12.2. The second-order valence-corrected chi connectivity index (χ2v) is 5.97. The molecular weight excluding hydrogens is 200 g/mol. The van der Waals surface area contributed by atoms with Gasteiger partial charge in [-0.3, -0.25) is 4.79 Å². The third-order valence-corrected chi connectivity index (χ3v) is 4.17. The first-order chi connectivity index (χ1) is 7.50. The molecule has 0 aliphatic heterocycles. The number of nitrogens with zero attached hydrogens (tertiary/aromatic N) is 1. The smallest absolute Gasteiger partial charge is 0.240 e. The minimum absolute atomic E-state index is 0.0229. The Kier molecular flexibility index (Phi) is 2.69. The second kappa shape index (κ2) is 3.76. The van der Waals surface area contributed by atoms with Gasteiger partial charge in [-0.1, -0.05) is 33.1 Å². The summed E-state index contributed by atoms with van der Waals surface area (Å²) in [5.41, 5.74) is -0.488. The van der Waals surface area contributed by atoms with E-state index in [9.17, 15) is 10.1 Å². The van der Waals surface area contributed by atoms with E-state index >= 15 is 0 Å². The van der Waals surface area contributed by atoms with E-state index in [1.165, 1.54) is 0 Å². The summed E-state index contributed by atoms with van der Waals surface area (Å²) in [6.45, 7) is 4.30. The van der Waals surface area contributed by atoms with E-state index in [0.29, 0.717) is 0 Å². The molecule has 88 valence electrons. The lowest BCUT2D eigenvalue weighted by molar-refractivity contribution is -0.129. The van der Waals surface area contributed by atoms with Crippen LogP contribution in [0.1, 0.15) is 52.4 Å². The van der Waals surface area contributed by atoms with E-state index in [2.05, 4.69) is 25.2 Å². The fourth-order valence-electron chi connectivity index (χ4n) is 2.55. The topological polar surface area (TPSA) is 52.9 Å². The summed E-state index contributed by atoms with van der Waals surface area (Å²) < 4.78 is 0. The number of rotatable bonds is 2. The van der Waals surface area contributed by atoms with Gasteiger partial charge in [0.15, 0.2) is 0 Å². The normalized spacial score (nSPS) is 30.2. The molecule has 0 aromatic heterocycles. The molecule has 1 amide bonds. The van der Waals surface area contributed by atoms with Crippen LogP contribution in [0.4, 0.5) is 0 Å². The number of carbonyl (C=O) groups excluding carboxylic acids is 1. The number of hydrogen-bond donors (Lipinski definition) is 1. The van der Waals surface area contributed by atoms with Crippen molar-refractivity contribution in [2.75, 3.05) is 0 Å². The van der Waals surface area contributed by atoms with Crippen molar-refractivity contribution in [1.82, 2.24) is 5.32 Å². The molecular formula is C13H20N2O. The zero-order valence-electron chi connectivity index (χ0n) is 10.2. The molecule has 0 aromatic carbocycles. The molecule has 3 nitrogen and oxygen atoms in total. The second-order valence-electron chi connectivity index (χ2n) is 5.97. The summed E-state index contributed by atoms with van der Waals surface area (Å²) in [7, 11) is 0. The van der Waals surface area contributed by atoms with E-state index in [4.69, 9.17) is 0 Å². The van der Waals surface area contributed by atoms with Crippen LogP contribution in [0, 0.1) is 22.2 Å². The lowest BCUT2D eigenvalue weighted by Gasteiger charge is -2.29. The number of carbonyl (C=O) groups is 1. The molecule has 3 heteroatoms. The van der Waals surface area contributed by atoms with Crippen molar-refractivity contribution in [2.45, 2.75) is 58.4 Å². The van der Waals surface area contributed by atoms with Crippen molar-refractivity contribution in [3.05, 3.63) is 0 Å². The Morgan fingerprint density at radius 3 is 2.31 bits per heavy atom. The largest absolute Gasteiger partial charge is 0.351 e. The number of amides is 1. The zero-order chi connectivity index (χ0) is 11.8. The first-order valence-corrected chi connectivity index (χ1v) is 6.22. The predicted octanol–water partition coefficient (Wildman–Crippen LogP) is 2.38. The minimum Gasteiger partial charge on any atom is -0.351 e. The van der Waals surface area contributed by atoms with E-state index in [1.807, 2.05) is 0 Å². The molecule has 16 heavy (non-hydrogen) atoms. The van der Waals surface area contributed by atoms with Crippen LogP contribution in [0.3, 0.4) is 0 Å². The van der Waals surface area contributed by atoms with Crippen molar-refractivity contribution in [3.63, 3.8) is 0 Å². The molecule has 2 rings (SSSR count). The van der Waals surface area contributed by atoms with Gasteiger partial charge in [0.25, 0.3) is 0 Å². The molecule has 1 N–H and O–H groups in total. The van der Waals surface area contributed by atoms with Gasteiger partial charge in [-0.05, 0) is 24.7 Å². The highest BCUT2D eigenvalue weighted by atomic mass is 16.2. The van der Waals surface area contributed by atoms with Gasteiger partial charge in [-0.25, -0.2) is 0 Å². The van der Waals surface area contributed by atoms with Gasteiger partial charge < -0.3 is 5.32 Å². The lowest BCUT2D eigenvalue weighted by atomic mass is 9.74. The molecule has 2 saturated carbocycles. The lowest BCUT2D eigenvalue weighted by Crippen LogP contribution is -2.43. The van der Waals surface area contributed by atoms with Gasteiger partial charge in [0.05, 0.1) is 6.07 Å². The van der Waals surface area contributed by atoms with Crippen molar-refractivity contribution < 1.29 is 4.79 Å². The van der Waals surface area contributed by atoms with Crippen LogP contribution >= 0.6 is 0 Å². The highest BCUT2D eigenvalue weighted by Gasteiger charge is 2.49. The molecule has 2 fully saturated rings. The Morgan fingerprint density at radius 2 is 1.88 bits per heavy atom. The van der Waals surface area contributed by atoms with Crippen LogP contribution in [0.5, 0.6) is 0 Å². The van der Waals surface area contributed by atoms with Gasteiger partial charge in [0, 0.05) is 6.04 Å². The van der Waals surface area contributed by atoms with Crippen LogP contribution in [-0.2, 0) is 4.79 Å². The molecule has 1 atom stereocenters. The van der Waals surface area contributed by atoms with Crippen LogP contribution in [0.15, 0.2) is 0 Å². The summed E-state index contributed by atoms with van der Waals surface area (Å²) in [5, 5.41) is 12.3. The maximum absolute atomic E-state index is 12.2. The maximum Gasteiger partial charge on any atom is 0.240 e. The van der Waals surface area contributed by atoms with Gasteiger partial charge in [-0.15, -0.1) is 0 Å². The fraction of sp³-hybridized carbons (Fsp3) is 0.846. The minimum atomic E-state index is -0.725. The van der Waals surface area contributed by atoms with Crippen LogP contribution < -0.4 is 5.32 Å². The quantitative estimate of drug-likeness (QED) is 0.776. The third-order valence-electron chi connectivity index (χ3n) is 4.17. The van der Waals surface area contributed by atoms with Crippen molar-refractivity contribution in [2.24, 2.45) is 10.8 Å². The first kappa shape index (κ1) is 11.4. The molecule has 0 radical (unpaired) electrons. The molecule has 2 aliphatic carbocycles. The summed E-state index contributed by atoms with van der Waals surface area (Å²) in [5.74, 6) is -0.0229. The first-order valence-electron chi connectivity index (χ1n) is 6.22. The van der Waals surface area contributed by atoms with Crippen molar-refractivity contribution in [3.8, 4) is 6.07 Å². The van der Waals surface area contributed by atoms with Crippen LogP contribution in [-0.4, -0.2) is 11.9 Å². The Bertz CT molecular complexity index is 334. The zero-order valence-corrected chi connectivity index (χ0v) is 10.2. The van der Waals surface area contributed by atoms with E-state index in [1.54, 1.807) is 0 Å². The number of nitriles is 1. The van der Waals surface area contributed by atoms with Crippen LogP contribution in [0.2, 0.25) is 0 Å². The Hall–Kier alpha value is -1.04. The molecule has 0 aromatic rings. The van der Waals surface area contributed by atoms with Crippen molar-refractivity contribution >= 4 is 5.91 Å². The van der Waals surface area contributed by atoms with E-state index in [0.717, 1.165) is 38.5 Å². The third kappa shape index (κ3) is 1.93. The molecule has 0 heterocycles. The Morgan fingerprint density at radius 1 is 1.31 bits per heavy atom. The van der Waals surface area contributed by atoms with Gasteiger partial charge in [0.2, 0.25) is 5.91 Å². The fourth-order valence-corrected chi connectivity index (χ4v) is 2.55. The van der Waals surface area contributed by atoms with E-state index in [-0.39, 0.29) is 17.4 Å². The summed E-state index contributed by atoms with van der Waals surface area (Å²) >= 11 is 0. The highest BCUT2D eigenvalue weighted by molar-refractivity contribution is 5.86. The Balaban J connectivity index is 1.99. The average molecular weight is 220 g/mol. The highest BCUT2D eigenvalue weighted by Crippen LogP contribution is 2.45. The molecule has 1 unspecified atom stereocenters. The van der Waals surface area contributed by atoms with Crippen molar-refractivity contribution in [1.29, 1.82) is 5.26 Å². The monoisotopic (exact) mass is 220 g/mol. The van der Waals surface area contributed by atoms with Gasteiger partial charge >= 0.3 is 0 Å². The summed E-state index contributed by atoms with van der Waals surface area (Å²) in [4.78, 5) is 12.2. The van der Waals surface area contributed by atoms with Crippen LogP contribution in [0.25, 0.3) is 0 Å². The summed E-state index contributed by atoms with van der Waals surface area (Å²) in [6.07, 6.45) is 5.70. The molecule has 0 saturated heterocycles. The Labute approximate surface area is 97.2 Å². The molecule has 0 spiro atoms.